The molecule has 0 aliphatic carbocycles. The van der Waals surface area contributed by atoms with Gasteiger partial charge in [-0.15, -0.1) is 0 Å². The van der Waals surface area contributed by atoms with Crippen molar-refractivity contribution in [3.05, 3.63) is 108 Å². The monoisotopic (exact) mass is 446 g/mol. The van der Waals surface area contributed by atoms with Gasteiger partial charge in [0.05, 0.1) is 13.2 Å². The Hall–Kier alpha value is -2.54. The summed E-state index contributed by atoms with van der Waals surface area (Å²) < 4.78 is 24.7. The molecule has 0 amide bonds. The fourth-order valence-electron chi connectivity index (χ4n) is 4.85. The summed E-state index contributed by atoms with van der Waals surface area (Å²) in [5, 5.41) is 11.0. The summed E-state index contributed by atoms with van der Waals surface area (Å²) in [5.74, 6) is -0.747. The first-order valence-corrected chi connectivity index (χ1v) is 11.5. The predicted molar refractivity (Wildman–Crippen MR) is 125 cm³/mol. The molecule has 3 aromatic carbocycles. The zero-order valence-electron chi connectivity index (χ0n) is 19.0. The fourth-order valence-corrected chi connectivity index (χ4v) is 4.85. The zero-order chi connectivity index (χ0) is 22.9. The average Bonchev–Trinajstić information content (AvgIpc) is 3.15. The molecule has 2 fully saturated rings. The van der Waals surface area contributed by atoms with Crippen molar-refractivity contribution in [2.75, 3.05) is 13.2 Å². The molecule has 5 heteroatoms. The average molecular weight is 447 g/mol. The van der Waals surface area contributed by atoms with E-state index in [1.165, 1.54) is 0 Å². The maximum Gasteiger partial charge on any atom is 0.163 e. The minimum absolute atomic E-state index is 0.191. The number of ether oxygens (including phenoxy) is 4. The summed E-state index contributed by atoms with van der Waals surface area (Å²) in [6.07, 6.45) is -2.10. The lowest BCUT2D eigenvalue weighted by atomic mass is 9.80. The lowest BCUT2D eigenvalue weighted by Crippen LogP contribution is -2.50. The maximum atomic E-state index is 11.0. The number of fused-ring (bicyclic) bond motifs is 1. The van der Waals surface area contributed by atoms with Gasteiger partial charge in [-0.2, -0.15) is 0 Å². The number of aliphatic hydroxyl groups excluding tert-OH is 1. The molecule has 0 bridgehead atoms. The van der Waals surface area contributed by atoms with Crippen molar-refractivity contribution in [2.24, 2.45) is 0 Å². The largest absolute Gasteiger partial charge is 0.387 e. The van der Waals surface area contributed by atoms with Gasteiger partial charge in [0.1, 0.15) is 30.0 Å². The Bertz CT molecular complexity index is 941. The van der Waals surface area contributed by atoms with Crippen molar-refractivity contribution in [1.82, 2.24) is 0 Å². The summed E-state index contributed by atoms with van der Waals surface area (Å²) in [6.45, 7) is 4.28. The number of benzene rings is 3. The molecular formula is C28H30O5. The van der Waals surface area contributed by atoms with Crippen molar-refractivity contribution in [2.45, 2.75) is 49.7 Å². The minimum Gasteiger partial charge on any atom is -0.387 e. The Balaban J connectivity index is 1.51. The van der Waals surface area contributed by atoms with E-state index in [9.17, 15) is 5.11 Å². The van der Waals surface area contributed by atoms with Gasteiger partial charge in [0.2, 0.25) is 0 Å². The van der Waals surface area contributed by atoms with Gasteiger partial charge in [0.15, 0.2) is 5.79 Å². The van der Waals surface area contributed by atoms with E-state index in [2.05, 4.69) is 36.4 Å². The lowest BCUT2D eigenvalue weighted by Gasteiger charge is -2.37. The van der Waals surface area contributed by atoms with Crippen LogP contribution in [0, 0.1) is 0 Å². The number of aliphatic hydroxyl groups is 1. The molecule has 1 N–H and O–H groups in total. The summed E-state index contributed by atoms with van der Waals surface area (Å²) >= 11 is 0. The van der Waals surface area contributed by atoms with Crippen LogP contribution in [0.15, 0.2) is 91.0 Å². The molecule has 0 radical (unpaired) electrons. The van der Waals surface area contributed by atoms with Crippen LogP contribution in [-0.2, 0) is 24.5 Å². The van der Waals surface area contributed by atoms with E-state index in [0.717, 1.165) is 16.7 Å². The Labute approximate surface area is 194 Å². The topological polar surface area (TPSA) is 57.2 Å². The van der Waals surface area contributed by atoms with E-state index in [1.807, 2.05) is 68.4 Å². The molecule has 0 spiro atoms. The Morgan fingerprint density at radius 2 is 1.33 bits per heavy atom. The van der Waals surface area contributed by atoms with Crippen LogP contribution < -0.4 is 0 Å². The van der Waals surface area contributed by atoms with Crippen LogP contribution in [0.2, 0.25) is 0 Å². The molecule has 2 heterocycles. The lowest BCUT2D eigenvalue weighted by molar-refractivity contribution is -0.300. The van der Waals surface area contributed by atoms with Crippen LogP contribution in [0.5, 0.6) is 0 Å². The number of rotatable bonds is 6. The minimum atomic E-state index is -0.864. The van der Waals surface area contributed by atoms with Crippen LogP contribution in [0.1, 0.15) is 30.5 Å². The Kier molecular flexibility index (Phi) is 6.08. The number of hydrogen-bond acceptors (Lipinski definition) is 5. The third kappa shape index (κ3) is 4.23. The quantitative estimate of drug-likeness (QED) is 0.573. The van der Waals surface area contributed by atoms with E-state index in [4.69, 9.17) is 18.9 Å². The zero-order valence-corrected chi connectivity index (χ0v) is 19.0. The van der Waals surface area contributed by atoms with E-state index in [-0.39, 0.29) is 12.7 Å². The Morgan fingerprint density at radius 3 is 1.82 bits per heavy atom. The van der Waals surface area contributed by atoms with Gasteiger partial charge in [0, 0.05) is 0 Å². The molecule has 0 saturated carbocycles. The van der Waals surface area contributed by atoms with Gasteiger partial charge in [-0.25, -0.2) is 0 Å². The second-order valence-electron chi connectivity index (χ2n) is 9.09. The third-order valence-electron chi connectivity index (χ3n) is 6.45. The molecule has 0 aromatic heterocycles. The molecule has 0 unspecified atom stereocenters. The van der Waals surface area contributed by atoms with Gasteiger partial charge < -0.3 is 24.1 Å². The van der Waals surface area contributed by atoms with E-state index in [1.54, 1.807) is 0 Å². The van der Waals surface area contributed by atoms with Crippen LogP contribution in [0.3, 0.4) is 0 Å². The van der Waals surface area contributed by atoms with Gasteiger partial charge in [-0.3, -0.25) is 0 Å². The van der Waals surface area contributed by atoms with Crippen molar-refractivity contribution in [1.29, 1.82) is 0 Å². The molecule has 2 aliphatic rings. The molecule has 4 atom stereocenters. The third-order valence-corrected chi connectivity index (χ3v) is 6.45. The normalized spacial score (nSPS) is 26.6. The van der Waals surface area contributed by atoms with Crippen LogP contribution in [0.4, 0.5) is 0 Å². The standard InChI is InChI=1S/C28H30O5/c1-27(2)30-19-24-26(33-27)25(29)23(32-24)18-31-28(20-12-6-3-7-13-20,21-14-8-4-9-15-21)22-16-10-5-11-17-22/h3-17,23-26,29H,18-19H2,1-2H3/t23-,24+,25-,26-/m1/s1. The number of hydrogen-bond donors (Lipinski definition) is 1. The molecule has 33 heavy (non-hydrogen) atoms. The highest BCUT2D eigenvalue weighted by Crippen LogP contribution is 2.42. The SMILES string of the molecule is CC1(C)OC[C@@H]2O[C@H](COC(c3ccccc3)(c3ccccc3)c3ccccc3)[C@@H](O)[C@@H]2O1. The van der Waals surface area contributed by atoms with Gasteiger partial charge in [-0.1, -0.05) is 91.0 Å². The van der Waals surface area contributed by atoms with Gasteiger partial charge in [-0.05, 0) is 30.5 Å². The van der Waals surface area contributed by atoms with E-state index < -0.39 is 29.7 Å². The van der Waals surface area contributed by atoms with Crippen molar-refractivity contribution >= 4 is 0 Å². The molecule has 3 aromatic rings. The maximum absolute atomic E-state index is 11.0. The first-order valence-electron chi connectivity index (χ1n) is 11.5. The van der Waals surface area contributed by atoms with Gasteiger partial charge in [0.25, 0.3) is 0 Å². The molecule has 2 saturated heterocycles. The molecule has 2 aliphatic heterocycles. The second kappa shape index (κ2) is 9.01. The molecule has 5 rings (SSSR count). The summed E-state index contributed by atoms with van der Waals surface area (Å²) in [4.78, 5) is 0. The molecule has 5 nitrogen and oxygen atoms in total. The first-order chi connectivity index (χ1) is 16.0. The summed E-state index contributed by atoms with van der Waals surface area (Å²) in [5.41, 5.74) is 2.16. The fraction of sp³-hybridized carbons (Fsp3) is 0.357. The highest BCUT2D eigenvalue weighted by atomic mass is 16.7. The van der Waals surface area contributed by atoms with Crippen LogP contribution in [0.25, 0.3) is 0 Å². The molecule has 172 valence electrons. The van der Waals surface area contributed by atoms with E-state index in [0.29, 0.717) is 6.61 Å². The summed E-state index contributed by atoms with van der Waals surface area (Å²) in [7, 11) is 0. The van der Waals surface area contributed by atoms with Crippen molar-refractivity contribution < 1.29 is 24.1 Å². The van der Waals surface area contributed by atoms with Crippen LogP contribution >= 0.6 is 0 Å². The van der Waals surface area contributed by atoms with Gasteiger partial charge >= 0.3 is 0 Å². The van der Waals surface area contributed by atoms with Crippen molar-refractivity contribution in [3.63, 3.8) is 0 Å². The van der Waals surface area contributed by atoms with Crippen LogP contribution in [-0.4, -0.2) is 48.5 Å². The Morgan fingerprint density at radius 1 is 0.848 bits per heavy atom. The predicted octanol–water partition coefficient (Wildman–Crippen LogP) is 4.27. The highest BCUT2D eigenvalue weighted by molar-refractivity contribution is 5.47. The summed E-state index contributed by atoms with van der Waals surface area (Å²) in [6, 6.07) is 30.5. The first kappa shape index (κ1) is 22.3. The molecular weight excluding hydrogens is 416 g/mol. The highest BCUT2D eigenvalue weighted by Gasteiger charge is 2.51. The van der Waals surface area contributed by atoms with Crippen molar-refractivity contribution in [3.8, 4) is 0 Å². The van der Waals surface area contributed by atoms with E-state index >= 15 is 0 Å². The smallest absolute Gasteiger partial charge is 0.163 e. The second-order valence-corrected chi connectivity index (χ2v) is 9.09.